The first-order valence-corrected chi connectivity index (χ1v) is 2.79. The van der Waals surface area contributed by atoms with Crippen LogP contribution in [0.2, 0.25) is 0 Å². The van der Waals surface area contributed by atoms with Crippen LogP contribution in [0.25, 0.3) is 0 Å². The van der Waals surface area contributed by atoms with Crippen LogP contribution >= 0.6 is 0 Å². The highest BCUT2D eigenvalue weighted by atomic mass is 16.5. The third kappa shape index (κ3) is 1.26. The SMILES string of the molecule is CCc1nc(CO)no1. The maximum atomic E-state index is 8.46. The Labute approximate surface area is 52.5 Å². The molecule has 4 heteroatoms. The molecule has 1 heterocycles. The van der Waals surface area contributed by atoms with E-state index in [0.29, 0.717) is 18.1 Å². The highest BCUT2D eigenvalue weighted by Crippen LogP contribution is 1.96. The van der Waals surface area contributed by atoms with Crippen LogP contribution < -0.4 is 0 Å². The summed E-state index contributed by atoms with van der Waals surface area (Å²) < 4.78 is 4.68. The van der Waals surface area contributed by atoms with Crippen LogP contribution in [-0.2, 0) is 13.0 Å². The van der Waals surface area contributed by atoms with Gasteiger partial charge in [0.25, 0.3) is 0 Å². The summed E-state index contributed by atoms with van der Waals surface area (Å²) in [6.45, 7) is 1.76. The first kappa shape index (κ1) is 6.22. The second-order valence-electron chi connectivity index (χ2n) is 1.62. The van der Waals surface area contributed by atoms with Gasteiger partial charge in [0, 0.05) is 6.42 Å². The predicted molar refractivity (Wildman–Crippen MR) is 29.6 cm³/mol. The first-order valence-electron chi connectivity index (χ1n) is 2.79. The van der Waals surface area contributed by atoms with Crippen molar-refractivity contribution in [3.05, 3.63) is 11.7 Å². The Morgan fingerprint density at radius 1 is 1.67 bits per heavy atom. The van der Waals surface area contributed by atoms with Gasteiger partial charge in [-0.25, -0.2) is 0 Å². The number of nitrogens with zero attached hydrogens (tertiary/aromatic N) is 2. The maximum absolute atomic E-state index is 8.46. The average Bonchev–Trinajstić information content (AvgIpc) is 2.34. The molecule has 1 rings (SSSR count). The predicted octanol–water partition coefficient (Wildman–Crippen LogP) is 0.124. The fraction of sp³-hybridized carbons (Fsp3) is 0.600. The van der Waals surface area contributed by atoms with Gasteiger partial charge < -0.3 is 9.63 Å². The number of hydrogen-bond donors (Lipinski definition) is 1. The lowest BCUT2D eigenvalue weighted by Crippen LogP contribution is -1.85. The minimum absolute atomic E-state index is 0.149. The van der Waals surface area contributed by atoms with Crippen molar-refractivity contribution in [3.8, 4) is 0 Å². The quantitative estimate of drug-likeness (QED) is 0.614. The zero-order valence-corrected chi connectivity index (χ0v) is 5.16. The zero-order valence-electron chi connectivity index (χ0n) is 5.16. The molecule has 9 heavy (non-hydrogen) atoms. The molecule has 1 aromatic heterocycles. The van der Waals surface area contributed by atoms with E-state index in [1.807, 2.05) is 6.92 Å². The molecule has 0 aliphatic heterocycles. The molecule has 0 aliphatic rings. The van der Waals surface area contributed by atoms with Gasteiger partial charge in [-0.15, -0.1) is 0 Å². The second kappa shape index (κ2) is 2.59. The molecule has 4 nitrogen and oxygen atoms in total. The van der Waals surface area contributed by atoms with Crippen LogP contribution in [0.15, 0.2) is 4.52 Å². The van der Waals surface area contributed by atoms with Gasteiger partial charge >= 0.3 is 0 Å². The normalized spacial score (nSPS) is 10.0. The maximum Gasteiger partial charge on any atom is 0.226 e. The fourth-order valence-corrected chi connectivity index (χ4v) is 0.498. The largest absolute Gasteiger partial charge is 0.388 e. The van der Waals surface area contributed by atoms with E-state index in [2.05, 4.69) is 14.7 Å². The van der Waals surface area contributed by atoms with Gasteiger partial charge in [-0.2, -0.15) is 4.98 Å². The Kier molecular flexibility index (Phi) is 1.79. The minimum atomic E-state index is -0.149. The van der Waals surface area contributed by atoms with Gasteiger partial charge in [-0.3, -0.25) is 0 Å². The van der Waals surface area contributed by atoms with E-state index in [9.17, 15) is 0 Å². The van der Waals surface area contributed by atoms with Gasteiger partial charge in [-0.05, 0) is 0 Å². The molecule has 0 aliphatic carbocycles. The van der Waals surface area contributed by atoms with Crippen molar-refractivity contribution in [3.63, 3.8) is 0 Å². The van der Waals surface area contributed by atoms with Gasteiger partial charge in [0.2, 0.25) is 5.89 Å². The van der Waals surface area contributed by atoms with Crippen LogP contribution in [0.1, 0.15) is 18.6 Å². The van der Waals surface area contributed by atoms with Crippen LogP contribution in [0, 0.1) is 0 Å². The summed E-state index contributed by atoms with van der Waals surface area (Å²) in [6.07, 6.45) is 0.715. The number of aromatic nitrogens is 2. The van der Waals surface area contributed by atoms with Crippen molar-refractivity contribution in [2.75, 3.05) is 0 Å². The smallest absolute Gasteiger partial charge is 0.226 e. The molecule has 50 valence electrons. The number of aliphatic hydroxyl groups excluding tert-OH is 1. The first-order chi connectivity index (χ1) is 4.36. The molecule has 0 radical (unpaired) electrons. The monoisotopic (exact) mass is 128 g/mol. The van der Waals surface area contributed by atoms with E-state index >= 15 is 0 Å². The molecule has 1 aromatic rings. The Morgan fingerprint density at radius 3 is 2.78 bits per heavy atom. The molecule has 0 spiro atoms. The lowest BCUT2D eigenvalue weighted by molar-refractivity contribution is 0.263. The van der Waals surface area contributed by atoms with E-state index in [4.69, 9.17) is 5.11 Å². The summed E-state index contributed by atoms with van der Waals surface area (Å²) in [5.41, 5.74) is 0. The number of rotatable bonds is 2. The Balaban J connectivity index is 2.74. The summed E-state index contributed by atoms with van der Waals surface area (Å²) in [6, 6.07) is 0. The second-order valence-corrected chi connectivity index (χ2v) is 1.62. The standard InChI is InChI=1S/C5H8N2O2/c1-2-5-6-4(3-8)7-9-5/h8H,2-3H2,1H3. The topological polar surface area (TPSA) is 59.2 Å². The summed E-state index contributed by atoms with van der Waals surface area (Å²) in [4.78, 5) is 3.82. The minimum Gasteiger partial charge on any atom is -0.388 e. The molecule has 0 bridgehead atoms. The van der Waals surface area contributed by atoms with Crippen molar-refractivity contribution in [2.24, 2.45) is 0 Å². The summed E-state index contributed by atoms with van der Waals surface area (Å²) in [5.74, 6) is 0.922. The lowest BCUT2D eigenvalue weighted by Gasteiger charge is -1.77. The third-order valence-corrected chi connectivity index (χ3v) is 0.954. The van der Waals surface area contributed by atoms with Crippen LogP contribution in [-0.4, -0.2) is 15.2 Å². The Hall–Kier alpha value is -0.900. The Morgan fingerprint density at radius 2 is 2.44 bits per heavy atom. The van der Waals surface area contributed by atoms with Crippen LogP contribution in [0.5, 0.6) is 0 Å². The van der Waals surface area contributed by atoms with Crippen LogP contribution in [0.3, 0.4) is 0 Å². The Bertz CT molecular complexity index is 166. The summed E-state index contributed by atoms with van der Waals surface area (Å²) in [5, 5.41) is 11.9. The van der Waals surface area contributed by atoms with Gasteiger partial charge in [0.1, 0.15) is 6.61 Å². The van der Waals surface area contributed by atoms with Crippen molar-refractivity contribution in [1.82, 2.24) is 10.1 Å². The van der Waals surface area contributed by atoms with Gasteiger partial charge in [0.15, 0.2) is 5.82 Å². The van der Waals surface area contributed by atoms with E-state index in [1.54, 1.807) is 0 Å². The molecule has 0 saturated heterocycles. The lowest BCUT2D eigenvalue weighted by atomic mass is 10.5. The molecule has 0 saturated carbocycles. The molecule has 0 atom stereocenters. The molecule has 1 N–H and O–H groups in total. The summed E-state index contributed by atoms with van der Waals surface area (Å²) >= 11 is 0. The third-order valence-electron chi connectivity index (χ3n) is 0.954. The fourth-order valence-electron chi connectivity index (χ4n) is 0.498. The molecular weight excluding hydrogens is 120 g/mol. The zero-order chi connectivity index (χ0) is 6.69. The highest BCUT2D eigenvalue weighted by Gasteiger charge is 1.99. The van der Waals surface area contributed by atoms with E-state index in [-0.39, 0.29) is 6.61 Å². The molecule has 0 amide bonds. The van der Waals surface area contributed by atoms with E-state index in [0.717, 1.165) is 0 Å². The van der Waals surface area contributed by atoms with Crippen molar-refractivity contribution in [2.45, 2.75) is 20.0 Å². The highest BCUT2D eigenvalue weighted by molar-refractivity contribution is 4.82. The van der Waals surface area contributed by atoms with E-state index < -0.39 is 0 Å². The molecule has 0 aromatic carbocycles. The van der Waals surface area contributed by atoms with Crippen molar-refractivity contribution < 1.29 is 9.63 Å². The average molecular weight is 128 g/mol. The number of hydrogen-bond acceptors (Lipinski definition) is 4. The molecular formula is C5H8N2O2. The van der Waals surface area contributed by atoms with Crippen molar-refractivity contribution in [1.29, 1.82) is 0 Å². The van der Waals surface area contributed by atoms with Crippen molar-refractivity contribution >= 4 is 0 Å². The number of aryl methyl sites for hydroxylation is 1. The number of aliphatic hydroxyl groups is 1. The van der Waals surface area contributed by atoms with Crippen LogP contribution in [0.4, 0.5) is 0 Å². The summed E-state index contributed by atoms with van der Waals surface area (Å²) in [7, 11) is 0. The van der Waals surface area contributed by atoms with E-state index in [1.165, 1.54) is 0 Å². The van der Waals surface area contributed by atoms with Gasteiger partial charge in [-0.1, -0.05) is 12.1 Å². The van der Waals surface area contributed by atoms with Gasteiger partial charge in [0.05, 0.1) is 0 Å². The molecule has 0 unspecified atom stereocenters. The molecule has 0 fully saturated rings.